The maximum atomic E-state index is 15.2. The first kappa shape index (κ1) is 27.7. The molecule has 214 valence electrons. The second-order valence-electron chi connectivity index (χ2n) is 9.99. The SMILES string of the molecule is N/N=C(/c1cc(-c2cnn(C3CCOCC3)c2)cnc1N)N(N)c1ccc(OCCCN2CCCC2)c(F)c1F. The van der Waals surface area contributed by atoms with Gasteiger partial charge in [-0.1, -0.05) is 0 Å². The summed E-state index contributed by atoms with van der Waals surface area (Å²) in [5, 5.41) is 9.08. The molecule has 0 bridgehead atoms. The Balaban J connectivity index is 1.31. The van der Waals surface area contributed by atoms with E-state index in [4.69, 9.17) is 26.9 Å². The molecule has 0 aliphatic carbocycles. The predicted molar refractivity (Wildman–Crippen MR) is 148 cm³/mol. The lowest BCUT2D eigenvalue weighted by Crippen LogP contribution is -2.40. The minimum absolute atomic E-state index is 0.0686. The number of nitrogen functional groups attached to an aromatic ring is 1. The topological polar surface area (TPSA) is 146 Å². The molecule has 2 fully saturated rings. The minimum Gasteiger partial charge on any atom is -0.490 e. The first-order chi connectivity index (χ1) is 19.5. The summed E-state index contributed by atoms with van der Waals surface area (Å²) in [7, 11) is 0. The summed E-state index contributed by atoms with van der Waals surface area (Å²) in [5.74, 6) is 9.32. The molecule has 2 aromatic heterocycles. The Morgan fingerprint density at radius 3 is 2.65 bits per heavy atom. The number of aromatic nitrogens is 3. The molecule has 3 aromatic rings. The molecule has 2 saturated heterocycles. The van der Waals surface area contributed by atoms with Crippen molar-refractivity contribution in [2.24, 2.45) is 16.8 Å². The Hall–Kier alpha value is -3.81. The molecule has 0 radical (unpaired) electrons. The van der Waals surface area contributed by atoms with Gasteiger partial charge < -0.3 is 25.9 Å². The number of amidine groups is 1. The molecule has 0 atom stereocenters. The molecular weight excluding hydrogens is 520 g/mol. The number of hydrogen-bond acceptors (Lipinski definition) is 9. The fourth-order valence-corrected chi connectivity index (χ4v) is 5.12. The third-order valence-electron chi connectivity index (χ3n) is 7.37. The zero-order chi connectivity index (χ0) is 28.1. The molecule has 11 nitrogen and oxygen atoms in total. The van der Waals surface area contributed by atoms with E-state index in [-0.39, 0.29) is 41.3 Å². The van der Waals surface area contributed by atoms with Crippen molar-refractivity contribution in [2.75, 3.05) is 50.2 Å². The zero-order valence-electron chi connectivity index (χ0n) is 22.3. The van der Waals surface area contributed by atoms with Crippen LogP contribution in [0, 0.1) is 11.6 Å². The second kappa shape index (κ2) is 12.6. The number of hydrazone groups is 1. The maximum absolute atomic E-state index is 15.2. The van der Waals surface area contributed by atoms with Gasteiger partial charge in [0.05, 0.1) is 30.1 Å². The van der Waals surface area contributed by atoms with Crippen LogP contribution in [0.1, 0.15) is 43.7 Å². The van der Waals surface area contributed by atoms with Crippen molar-refractivity contribution in [2.45, 2.75) is 38.1 Å². The average Bonchev–Trinajstić information content (AvgIpc) is 3.68. The molecule has 0 spiro atoms. The summed E-state index contributed by atoms with van der Waals surface area (Å²) in [4.78, 5) is 6.59. The van der Waals surface area contributed by atoms with E-state index in [0.717, 1.165) is 43.0 Å². The van der Waals surface area contributed by atoms with Crippen molar-refractivity contribution < 1.29 is 18.3 Å². The number of benzene rings is 1. The van der Waals surface area contributed by atoms with Crippen LogP contribution in [0.4, 0.5) is 20.3 Å². The van der Waals surface area contributed by atoms with Gasteiger partial charge in [0.25, 0.3) is 0 Å². The van der Waals surface area contributed by atoms with Gasteiger partial charge >= 0.3 is 0 Å². The summed E-state index contributed by atoms with van der Waals surface area (Å²) in [6, 6.07) is 4.58. The zero-order valence-corrected chi connectivity index (χ0v) is 22.3. The number of rotatable bonds is 9. The molecule has 4 heterocycles. The first-order valence-electron chi connectivity index (χ1n) is 13.5. The number of hydrogen-bond donors (Lipinski definition) is 3. The normalized spacial score (nSPS) is 16.9. The molecule has 13 heteroatoms. The number of likely N-dealkylation sites (tertiary alicyclic amines) is 1. The third-order valence-corrected chi connectivity index (χ3v) is 7.37. The highest BCUT2D eigenvalue weighted by molar-refractivity contribution is 6.12. The van der Waals surface area contributed by atoms with Crippen molar-refractivity contribution in [1.82, 2.24) is 19.7 Å². The smallest absolute Gasteiger partial charge is 0.202 e. The molecule has 2 aliphatic rings. The molecule has 6 N–H and O–H groups in total. The van der Waals surface area contributed by atoms with E-state index in [9.17, 15) is 4.39 Å². The fourth-order valence-electron chi connectivity index (χ4n) is 5.12. The second-order valence-corrected chi connectivity index (χ2v) is 9.99. The van der Waals surface area contributed by atoms with E-state index in [1.807, 2.05) is 10.9 Å². The summed E-state index contributed by atoms with van der Waals surface area (Å²) < 4.78 is 42.9. The van der Waals surface area contributed by atoms with Gasteiger partial charge in [-0.3, -0.25) is 9.69 Å². The Labute approximate surface area is 231 Å². The molecule has 0 amide bonds. The summed E-state index contributed by atoms with van der Waals surface area (Å²) in [6.45, 7) is 4.65. The highest BCUT2D eigenvalue weighted by atomic mass is 19.2. The van der Waals surface area contributed by atoms with Gasteiger partial charge in [0, 0.05) is 43.3 Å². The van der Waals surface area contributed by atoms with Crippen LogP contribution < -0.4 is 27.2 Å². The van der Waals surface area contributed by atoms with Gasteiger partial charge in [-0.05, 0) is 63.4 Å². The van der Waals surface area contributed by atoms with Crippen LogP contribution in [0.15, 0.2) is 41.9 Å². The highest BCUT2D eigenvalue weighted by Crippen LogP contribution is 2.30. The Kier molecular flexibility index (Phi) is 8.72. The van der Waals surface area contributed by atoms with Gasteiger partial charge in [-0.15, -0.1) is 0 Å². The van der Waals surface area contributed by atoms with Crippen molar-refractivity contribution in [1.29, 1.82) is 0 Å². The van der Waals surface area contributed by atoms with Crippen molar-refractivity contribution in [3.63, 3.8) is 0 Å². The largest absolute Gasteiger partial charge is 0.490 e. The Bertz CT molecular complexity index is 1340. The summed E-state index contributed by atoms with van der Waals surface area (Å²) in [5.41, 5.74) is 7.57. The highest BCUT2D eigenvalue weighted by Gasteiger charge is 2.24. The summed E-state index contributed by atoms with van der Waals surface area (Å²) >= 11 is 0. The number of ether oxygens (including phenoxy) is 2. The molecule has 0 unspecified atom stereocenters. The van der Waals surface area contributed by atoms with Crippen LogP contribution in [0.5, 0.6) is 5.75 Å². The molecule has 1 aromatic carbocycles. The number of anilines is 2. The van der Waals surface area contributed by atoms with Gasteiger partial charge in [0.1, 0.15) is 5.82 Å². The molecule has 0 saturated carbocycles. The van der Waals surface area contributed by atoms with E-state index in [2.05, 4.69) is 20.1 Å². The molecule has 40 heavy (non-hydrogen) atoms. The molecular formula is C27H35F2N9O2. The van der Waals surface area contributed by atoms with E-state index < -0.39 is 11.6 Å². The number of nitrogens with two attached hydrogens (primary N) is 3. The van der Waals surface area contributed by atoms with Crippen molar-refractivity contribution in [3.8, 4) is 16.9 Å². The van der Waals surface area contributed by atoms with Crippen LogP contribution >= 0.6 is 0 Å². The maximum Gasteiger partial charge on any atom is 0.202 e. The Morgan fingerprint density at radius 1 is 1.12 bits per heavy atom. The average molecular weight is 556 g/mol. The number of hydrazine groups is 1. The van der Waals surface area contributed by atoms with Gasteiger partial charge in [0.15, 0.2) is 17.4 Å². The lowest BCUT2D eigenvalue weighted by molar-refractivity contribution is 0.0662. The number of halogens is 2. The Morgan fingerprint density at radius 2 is 1.90 bits per heavy atom. The van der Waals surface area contributed by atoms with Crippen LogP contribution in [-0.2, 0) is 4.74 Å². The lowest BCUT2D eigenvalue weighted by Gasteiger charge is -2.22. The van der Waals surface area contributed by atoms with Crippen molar-refractivity contribution in [3.05, 3.63) is 54.0 Å². The number of nitrogens with zero attached hydrogens (tertiary/aromatic N) is 6. The van der Waals surface area contributed by atoms with Gasteiger partial charge in [-0.25, -0.2) is 15.2 Å². The monoisotopic (exact) mass is 555 g/mol. The minimum atomic E-state index is -1.19. The molecule has 5 rings (SSSR count). The van der Waals surface area contributed by atoms with Crippen LogP contribution in [0.25, 0.3) is 11.1 Å². The summed E-state index contributed by atoms with van der Waals surface area (Å²) in [6.07, 6.45) is 10.1. The van der Waals surface area contributed by atoms with E-state index in [0.29, 0.717) is 25.2 Å². The lowest BCUT2D eigenvalue weighted by atomic mass is 10.1. The first-order valence-corrected chi connectivity index (χ1v) is 13.5. The van der Waals surface area contributed by atoms with E-state index in [1.54, 1.807) is 18.5 Å². The standard InChI is InChI=1S/C27H35F2N9O2/c28-24-22(4-5-23(25(24)29)40-11-3-10-36-8-1-2-9-36)38(32)27(35-31)21-14-18(15-33-26(21)30)19-16-34-37(17-19)20-6-12-39-13-7-20/h4-5,14-17,20H,1-3,6-13,31-32H2,(H2,30,33)/b35-27-. The molecule has 2 aliphatic heterocycles. The van der Waals surface area contributed by atoms with Crippen LogP contribution in [0.3, 0.4) is 0 Å². The number of pyridine rings is 1. The third kappa shape index (κ3) is 6.01. The van der Waals surface area contributed by atoms with Crippen molar-refractivity contribution >= 4 is 17.3 Å². The van der Waals surface area contributed by atoms with E-state index in [1.165, 1.54) is 25.0 Å². The van der Waals surface area contributed by atoms with Gasteiger partial charge in [-0.2, -0.15) is 14.6 Å². The van der Waals surface area contributed by atoms with Gasteiger partial charge in [0.2, 0.25) is 5.82 Å². The fraction of sp³-hybridized carbons (Fsp3) is 0.444. The van der Waals surface area contributed by atoms with Crippen LogP contribution in [-0.4, -0.2) is 65.0 Å². The van der Waals surface area contributed by atoms with E-state index >= 15 is 4.39 Å². The predicted octanol–water partition coefficient (Wildman–Crippen LogP) is 3.02. The van der Waals surface area contributed by atoms with Crippen LogP contribution in [0.2, 0.25) is 0 Å². The quantitative estimate of drug-likeness (QED) is 0.119.